The van der Waals surface area contributed by atoms with Crippen LogP contribution in [0.15, 0.2) is 12.1 Å². The van der Waals surface area contributed by atoms with Crippen LogP contribution in [0.2, 0.25) is 0 Å². The number of benzene rings is 1. The van der Waals surface area contributed by atoms with Crippen molar-refractivity contribution in [1.29, 1.82) is 0 Å². The Balaban J connectivity index is 3.22. The number of hydrogen-bond acceptors (Lipinski definition) is 4. The van der Waals surface area contributed by atoms with Gasteiger partial charge in [0.2, 0.25) is 5.91 Å². The third kappa shape index (κ3) is 3.44. The Hall–Kier alpha value is -1.59. The van der Waals surface area contributed by atoms with Gasteiger partial charge in [0.1, 0.15) is 0 Å². The first kappa shape index (κ1) is 13.5. The number of amides is 1. The van der Waals surface area contributed by atoms with Crippen LogP contribution >= 0.6 is 0 Å². The zero-order valence-electron chi connectivity index (χ0n) is 9.86. The minimum atomic E-state index is -0.200. The van der Waals surface area contributed by atoms with Crippen molar-refractivity contribution in [3.63, 3.8) is 0 Å². The van der Waals surface area contributed by atoms with Gasteiger partial charge in [0.25, 0.3) is 0 Å². The molecule has 0 aliphatic carbocycles. The molecule has 0 saturated carbocycles. The topological polar surface area (TPSA) is 95.6 Å². The van der Waals surface area contributed by atoms with Gasteiger partial charge in [0.15, 0.2) is 0 Å². The maximum atomic E-state index is 11.2. The van der Waals surface area contributed by atoms with Crippen molar-refractivity contribution in [1.82, 2.24) is 0 Å². The summed E-state index contributed by atoms with van der Waals surface area (Å²) in [6.45, 7) is 1.36. The Labute approximate surface area is 100 Å². The van der Waals surface area contributed by atoms with Crippen molar-refractivity contribution in [3.05, 3.63) is 23.3 Å². The molecule has 0 atom stereocenters. The Kier molecular flexibility index (Phi) is 4.93. The SMILES string of the molecule is CC(=O)Nc1c(CCO)ccc(N)c1CCO. The van der Waals surface area contributed by atoms with E-state index in [9.17, 15) is 4.79 Å². The Morgan fingerprint density at radius 3 is 2.47 bits per heavy atom. The van der Waals surface area contributed by atoms with Crippen LogP contribution in [-0.4, -0.2) is 29.3 Å². The maximum absolute atomic E-state index is 11.2. The number of carbonyl (C=O) groups is 1. The van der Waals surface area contributed by atoms with Crippen LogP contribution in [-0.2, 0) is 17.6 Å². The highest BCUT2D eigenvalue weighted by Crippen LogP contribution is 2.27. The molecule has 5 N–H and O–H groups in total. The van der Waals surface area contributed by atoms with Crippen molar-refractivity contribution in [2.24, 2.45) is 0 Å². The van der Waals surface area contributed by atoms with Crippen LogP contribution in [0.5, 0.6) is 0 Å². The molecule has 5 heteroatoms. The van der Waals surface area contributed by atoms with E-state index in [0.717, 1.165) is 5.56 Å². The monoisotopic (exact) mass is 238 g/mol. The Morgan fingerprint density at radius 1 is 1.29 bits per heavy atom. The number of carbonyl (C=O) groups excluding carboxylic acids is 1. The summed E-state index contributed by atoms with van der Waals surface area (Å²) in [5.74, 6) is -0.200. The van der Waals surface area contributed by atoms with Crippen molar-refractivity contribution < 1.29 is 15.0 Å². The molecular formula is C12H18N2O3. The highest BCUT2D eigenvalue weighted by Gasteiger charge is 2.12. The van der Waals surface area contributed by atoms with E-state index in [4.69, 9.17) is 15.9 Å². The summed E-state index contributed by atoms with van der Waals surface area (Å²) in [5.41, 5.74) is 8.50. The Morgan fingerprint density at radius 2 is 1.94 bits per heavy atom. The predicted octanol–water partition coefficient (Wildman–Crippen LogP) is 0.297. The molecule has 17 heavy (non-hydrogen) atoms. The lowest BCUT2D eigenvalue weighted by molar-refractivity contribution is -0.114. The fourth-order valence-electron chi connectivity index (χ4n) is 1.75. The molecule has 0 aliphatic rings. The van der Waals surface area contributed by atoms with Crippen LogP contribution in [0.3, 0.4) is 0 Å². The highest BCUT2D eigenvalue weighted by molar-refractivity contribution is 5.91. The highest BCUT2D eigenvalue weighted by atomic mass is 16.3. The summed E-state index contributed by atoms with van der Waals surface area (Å²) in [6.07, 6.45) is 0.815. The number of nitrogen functional groups attached to an aromatic ring is 1. The first-order valence-electron chi connectivity index (χ1n) is 5.49. The van der Waals surface area contributed by atoms with Gasteiger partial charge in [-0.2, -0.15) is 0 Å². The maximum Gasteiger partial charge on any atom is 0.221 e. The first-order valence-corrected chi connectivity index (χ1v) is 5.49. The number of rotatable bonds is 5. The molecule has 0 aromatic heterocycles. The number of nitrogens with two attached hydrogens (primary N) is 1. The normalized spacial score (nSPS) is 10.3. The fourth-order valence-corrected chi connectivity index (χ4v) is 1.75. The molecule has 0 saturated heterocycles. The Bertz CT molecular complexity index is 405. The van der Waals surface area contributed by atoms with Crippen molar-refractivity contribution in [3.8, 4) is 0 Å². The van der Waals surface area contributed by atoms with E-state index in [-0.39, 0.29) is 19.1 Å². The zero-order chi connectivity index (χ0) is 12.8. The lowest BCUT2D eigenvalue weighted by Crippen LogP contribution is -2.13. The molecule has 5 nitrogen and oxygen atoms in total. The second kappa shape index (κ2) is 6.22. The van der Waals surface area contributed by atoms with Gasteiger partial charge in [-0.15, -0.1) is 0 Å². The molecule has 0 bridgehead atoms. The molecule has 0 heterocycles. The smallest absolute Gasteiger partial charge is 0.221 e. The number of nitrogens with one attached hydrogen (secondary N) is 1. The molecule has 1 amide bonds. The zero-order valence-corrected chi connectivity index (χ0v) is 9.86. The van der Waals surface area contributed by atoms with E-state index in [1.807, 2.05) is 0 Å². The van der Waals surface area contributed by atoms with E-state index in [0.29, 0.717) is 29.8 Å². The molecule has 0 fully saturated rings. The van der Waals surface area contributed by atoms with Crippen molar-refractivity contribution in [2.75, 3.05) is 24.3 Å². The minimum Gasteiger partial charge on any atom is -0.398 e. The number of hydrogen-bond donors (Lipinski definition) is 4. The molecule has 94 valence electrons. The third-order valence-corrected chi connectivity index (χ3v) is 2.48. The van der Waals surface area contributed by atoms with Gasteiger partial charge in [0.05, 0.1) is 0 Å². The number of anilines is 2. The molecule has 0 aliphatic heterocycles. The average Bonchev–Trinajstić information content (AvgIpc) is 2.27. The summed E-state index contributed by atoms with van der Waals surface area (Å²) in [5, 5.41) is 20.7. The largest absolute Gasteiger partial charge is 0.398 e. The first-order chi connectivity index (χ1) is 8.10. The van der Waals surface area contributed by atoms with Crippen LogP contribution in [0, 0.1) is 0 Å². The van der Waals surface area contributed by atoms with Gasteiger partial charge in [-0.25, -0.2) is 0 Å². The number of aliphatic hydroxyl groups is 2. The second-order valence-electron chi connectivity index (χ2n) is 3.80. The van der Waals surface area contributed by atoms with Gasteiger partial charge in [-0.05, 0) is 24.5 Å². The van der Waals surface area contributed by atoms with Crippen LogP contribution in [0.1, 0.15) is 18.1 Å². The summed E-state index contributed by atoms with van der Waals surface area (Å²) < 4.78 is 0. The molecule has 0 spiro atoms. The third-order valence-electron chi connectivity index (χ3n) is 2.48. The van der Waals surface area contributed by atoms with Gasteiger partial charge in [0, 0.05) is 37.1 Å². The van der Waals surface area contributed by atoms with Crippen LogP contribution < -0.4 is 11.1 Å². The second-order valence-corrected chi connectivity index (χ2v) is 3.80. The molecular weight excluding hydrogens is 220 g/mol. The van der Waals surface area contributed by atoms with Crippen LogP contribution in [0.25, 0.3) is 0 Å². The average molecular weight is 238 g/mol. The van der Waals surface area contributed by atoms with Gasteiger partial charge < -0.3 is 21.3 Å². The summed E-state index contributed by atoms with van der Waals surface area (Å²) in [6, 6.07) is 3.50. The van der Waals surface area contributed by atoms with Crippen molar-refractivity contribution in [2.45, 2.75) is 19.8 Å². The van der Waals surface area contributed by atoms with E-state index in [1.54, 1.807) is 12.1 Å². The molecule has 1 rings (SSSR count). The van der Waals surface area contributed by atoms with E-state index in [2.05, 4.69) is 5.32 Å². The van der Waals surface area contributed by atoms with Gasteiger partial charge in [-0.3, -0.25) is 4.79 Å². The van der Waals surface area contributed by atoms with Crippen LogP contribution in [0.4, 0.5) is 11.4 Å². The minimum absolute atomic E-state index is 0.00489. The summed E-state index contributed by atoms with van der Waals surface area (Å²) >= 11 is 0. The molecule has 0 unspecified atom stereocenters. The lowest BCUT2D eigenvalue weighted by atomic mass is 10.0. The summed E-state index contributed by atoms with van der Waals surface area (Å²) in [4.78, 5) is 11.2. The van der Waals surface area contributed by atoms with E-state index >= 15 is 0 Å². The predicted molar refractivity (Wildman–Crippen MR) is 66.7 cm³/mol. The van der Waals surface area contributed by atoms with Gasteiger partial charge in [-0.1, -0.05) is 6.07 Å². The molecule has 0 radical (unpaired) electrons. The quantitative estimate of drug-likeness (QED) is 0.555. The standard InChI is InChI=1S/C12H18N2O3/c1-8(17)14-12-9(4-6-15)2-3-11(13)10(12)5-7-16/h2-3,15-16H,4-7,13H2,1H3,(H,14,17). The summed E-state index contributed by atoms with van der Waals surface area (Å²) in [7, 11) is 0. The van der Waals surface area contributed by atoms with E-state index < -0.39 is 0 Å². The molecule has 1 aromatic carbocycles. The van der Waals surface area contributed by atoms with E-state index in [1.165, 1.54) is 6.92 Å². The number of aliphatic hydroxyl groups excluding tert-OH is 2. The lowest BCUT2D eigenvalue weighted by Gasteiger charge is -2.16. The van der Waals surface area contributed by atoms with Gasteiger partial charge >= 0.3 is 0 Å². The molecule has 1 aromatic rings. The van der Waals surface area contributed by atoms with Crippen molar-refractivity contribution >= 4 is 17.3 Å². The fraction of sp³-hybridized carbons (Fsp3) is 0.417.